The molecule has 2 amide bonds. The summed E-state index contributed by atoms with van der Waals surface area (Å²) < 4.78 is 0. The summed E-state index contributed by atoms with van der Waals surface area (Å²) in [4.78, 5) is 13.4. The minimum atomic E-state index is 0.0581. The number of aryl methyl sites for hydroxylation is 1. The van der Waals surface area contributed by atoms with Crippen molar-refractivity contribution in [2.75, 3.05) is 13.1 Å². The Morgan fingerprint density at radius 2 is 2.33 bits per heavy atom. The SMILES string of the molecule is Cc1cccc(CN2CCCNC2=O)c1. The quantitative estimate of drug-likeness (QED) is 0.784. The first-order valence-electron chi connectivity index (χ1n) is 5.34. The van der Waals surface area contributed by atoms with Crippen LogP contribution in [0.1, 0.15) is 17.5 Å². The summed E-state index contributed by atoms with van der Waals surface area (Å²) in [6.45, 7) is 4.45. The first-order chi connectivity index (χ1) is 7.25. The molecule has 1 aromatic rings. The Kier molecular flexibility index (Phi) is 2.90. The van der Waals surface area contributed by atoms with Crippen LogP contribution in [0.2, 0.25) is 0 Å². The molecule has 3 heteroatoms. The van der Waals surface area contributed by atoms with Crippen LogP contribution in [0.15, 0.2) is 24.3 Å². The molecule has 1 heterocycles. The molecule has 0 atom stereocenters. The van der Waals surface area contributed by atoms with Crippen molar-refractivity contribution in [1.82, 2.24) is 10.2 Å². The van der Waals surface area contributed by atoms with E-state index in [2.05, 4.69) is 30.4 Å². The van der Waals surface area contributed by atoms with Crippen molar-refractivity contribution < 1.29 is 4.79 Å². The standard InChI is InChI=1S/C12H16N2O/c1-10-4-2-5-11(8-10)9-14-7-3-6-13-12(14)15/h2,4-5,8H,3,6-7,9H2,1H3,(H,13,15). The van der Waals surface area contributed by atoms with Gasteiger partial charge in [0.1, 0.15) is 0 Å². The van der Waals surface area contributed by atoms with Crippen LogP contribution in [0.5, 0.6) is 0 Å². The molecule has 15 heavy (non-hydrogen) atoms. The molecule has 80 valence electrons. The maximum atomic E-state index is 11.5. The van der Waals surface area contributed by atoms with Gasteiger partial charge in [0.25, 0.3) is 0 Å². The molecule has 1 saturated heterocycles. The van der Waals surface area contributed by atoms with E-state index in [0.717, 1.165) is 19.5 Å². The van der Waals surface area contributed by atoms with Crippen LogP contribution >= 0.6 is 0 Å². The molecule has 1 fully saturated rings. The lowest BCUT2D eigenvalue weighted by atomic mass is 10.1. The number of amides is 2. The Bertz CT molecular complexity index is 362. The molecule has 1 N–H and O–H groups in total. The third-order valence-corrected chi connectivity index (χ3v) is 2.62. The van der Waals surface area contributed by atoms with Gasteiger partial charge in [0, 0.05) is 19.6 Å². The van der Waals surface area contributed by atoms with E-state index >= 15 is 0 Å². The number of benzene rings is 1. The summed E-state index contributed by atoms with van der Waals surface area (Å²) in [6, 6.07) is 8.35. The summed E-state index contributed by atoms with van der Waals surface area (Å²) in [5, 5.41) is 2.85. The topological polar surface area (TPSA) is 32.3 Å². The summed E-state index contributed by atoms with van der Waals surface area (Å²) in [5.41, 5.74) is 2.44. The lowest BCUT2D eigenvalue weighted by molar-refractivity contribution is 0.183. The second kappa shape index (κ2) is 4.34. The molecular formula is C12H16N2O. The van der Waals surface area contributed by atoms with E-state index in [1.165, 1.54) is 11.1 Å². The molecule has 0 saturated carbocycles. The molecule has 0 spiro atoms. The lowest BCUT2D eigenvalue weighted by Crippen LogP contribution is -2.45. The highest BCUT2D eigenvalue weighted by molar-refractivity contribution is 5.74. The van der Waals surface area contributed by atoms with Crippen molar-refractivity contribution in [3.63, 3.8) is 0 Å². The molecule has 0 radical (unpaired) electrons. The number of hydrogen-bond acceptors (Lipinski definition) is 1. The van der Waals surface area contributed by atoms with Gasteiger partial charge < -0.3 is 10.2 Å². The third-order valence-electron chi connectivity index (χ3n) is 2.62. The number of nitrogens with one attached hydrogen (secondary N) is 1. The monoisotopic (exact) mass is 204 g/mol. The summed E-state index contributed by atoms with van der Waals surface area (Å²) in [6.07, 6.45) is 1.04. The Labute approximate surface area is 90.1 Å². The largest absolute Gasteiger partial charge is 0.338 e. The van der Waals surface area contributed by atoms with Crippen LogP contribution in [0.3, 0.4) is 0 Å². The molecule has 0 aromatic heterocycles. The summed E-state index contributed by atoms with van der Waals surface area (Å²) in [5.74, 6) is 0. The maximum absolute atomic E-state index is 11.5. The smallest absolute Gasteiger partial charge is 0.317 e. The zero-order chi connectivity index (χ0) is 10.7. The number of hydrogen-bond donors (Lipinski definition) is 1. The van der Waals surface area contributed by atoms with E-state index in [1.54, 1.807) is 0 Å². The van der Waals surface area contributed by atoms with Crippen LogP contribution < -0.4 is 5.32 Å². The number of nitrogens with zero attached hydrogens (tertiary/aromatic N) is 1. The first kappa shape index (κ1) is 10.0. The molecule has 1 aliphatic heterocycles. The van der Waals surface area contributed by atoms with Gasteiger partial charge in [-0.05, 0) is 18.9 Å². The van der Waals surface area contributed by atoms with Crippen LogP contribution in [0.4, 0.5) is 4.79 Å². The van der Waals surface area contributed by atoms with Crippen molar-refractivity contribution in [3.8, 4) is 0 Å². The zero-order valence-electron chi connectivity index (χ0n) is 8.99. The minimum Gasteiger partial charge on any atom is -0.338 e. The summed E-state index contributed by atoms with van der Waals surface area (Å²) in [7, 11) is 0. The van der Waals surface area contributed by atoms with E-state index < -0.39 is 0 Å². The number of urea groups is 1. The van der Waals surface area contributed by atoms with Crippen LogP contribution in [-0.2, 0) is 6.54 Å². The Morgan fingerprint density at radius 1 is 1.47 bits per heavy atom. The lowest BCUT2D eigenvalue weighted by Gasteiger charge is -2.27. The Hall–Kier alpha value is -1.51. The van der Waals surface area contributed by atoms with Gasteiger partial charge in [-0.2, -0.15) is 0 Å². The van der Waals surface area contributed by atoms with Gasteiger partial charge in [-0.1, -0.05) is 29.8 Å². The van der Waals surface area contributed by atoms with Crippen molar-refractivity contribution >= 4 is 6.03 Å². The van der Waals surface area contributed by atoms with Gasteiger partial charge >= 0.3 is 6.03 Å². The average molecular weight is 204 g/mol. The van der Waals surface area contributed by atoms with Crippen molar-refractivity contribution in [2.24, 2.45) is 0 Å². The average Bonchev–Trinajstić information content (AvgIpc) is 2.22. The Morgan fingerprint density at radius 3 is 3.07 bits per heavy atom. The van der Waals surface area contributed by atoms with Gasteiger partial charge in [-0.25, -0.2) is 4.79 Å². The van der Waals surface area contributed by atoms with Crippen molar-refractivity contribution in [3.05, 3.63) is 35.4 Å². The van der Waals surface area contributed by atoms with E-state index in [9.17, 15) is 4.79 Å². The van der Waals surface area contributed by atoms with Gasteiger partial charge in [-0.3, -0.25) is 0 Å². The summed E-state index contributed by atoms with van der Waals surface area (Å²) >= 11 is 0. The van der Waals surface area contributed by atoms with E-state index in [1.807, 2.05) is 11.0 Å². The van der Waals surface area contributed by atoms with Crippen LogP contribution in [0.25, 0.3) is 0 Å². The van der Waals surface area contributed by atoms with Crippen LogP contribution in [0, 0.1) is 6.92 Å². The molecule has 0 bridgehead atoms. The highest BCUT2D eigenvalue weighted by Gasteiger charge is 2.16. The van der Waals surface area contributed by atoms with Gasteiger partial charge in [0.15, 0.2) is 0 Å². The molecule has 2 rings (SSSR count). The normalized spacial score (nSPS) is 16.3. The fourth-order valence-corrected chi connectivity index (χ4v) is 1.86. The maximum Gasteiger partial charge on any atom is 0.317 e. The predicted octanol–water partition coefficient (Wildman–Crippen LogP) is 1.91. The highest BCUT2D eigenvalue weighted by atomic mass is 16.2. The van der Waals surface area contributed by atoms with E-state index in [4.69, 9.17) is 0 Å². The first-order valence-corrected chi connectivity index (χ1v) is 5.34. The number of carbonyl (C=O) groups is 1. The van der Waals surface area contributed by atoms with Gasteiger partial charge in [0.05, 0.1) is 0 Å². The fraction of sp³-hybridized carbons (Fsp3) is 0.417. The second-order valence-electron chi connectivity index (χ2n) is 4.00. The molecule has 0 unspecified atom stereocenters. The van der Waals surface area contributed by atoms with Crippen LogP contribution in [-0.4, -0.2) is 24.0 Å². The minimum absolute atomic E-state index is 0.0581. The number of carbonyl (C=O) groups excluding carboxylic acids is 1. The zero-order valence-corrected chi connectivity index (χ0v) is 8.99. The fourth-order valence-electron chi connectivity index (χ4n) is 1.86. The molecule has 0 aliphatic carbocycles. The second-order valence-corrected chi connectivity index (χ2v) is 4.00. The predicted molar refractivity (Wildman–Crippen MR) is 59.6 cm³/mol. The highest BCUT2D eigenvalue weighted by Crippen LogP contribution is 2.09. The number of rotatable bonds is 2. The van der Waals surface area contributed by atoms with E-state index in [0.29, 0.717) is 6.54 Å². The van der Waals surface area contributed by atoms with Crippen molar-refractivity contribution in [1.29, 1.82) is 0 Å². The van der Waals surface area contributed by atoms with E-state index in [-0.39, 0.29) is 6.03 Å². The van der Waals surface area contributed by atoms with Gasteiger partial charge in [-0.15, -0.1) is 0 Å². The molecular weight excluding hydrogens is 188 g/mol. The Balaban J connectivity index is 2.04. The third kappa shape index (κ3) is 2.49. The molecule has 1 aromatic carbocycles. The van der Waals surface area contributed by atoms with Crippen molar-refractivity contribution in [2.45, 2.75) is 19.9 Å². The molecule has 1 aliphatic rings. The van der Waals surface area contributed by atoms with Gasteiger partial charge in [0.2, 0.25) is 0 Å². The molecule has 3 nitrogen and oxygen atoms in total.